The van der Waals surface area contributed by atoms with E-state index >= 15 is 0 Å². The Morgan fingerprint density at radius 1 is 0.844 bits per heavy atom. The minimum atomic E-state index is 0.723. The largest absolute Gasteiger partial charge is 0.256 e. The molecule has 0 N–H and O–H groups in total. The van der Waals surface area contributed by atoms with E-state index in [0.717, 1.165) is 23.1 Å². The summed E-state index contributed by atoms with van der Waals surface area (Å²) in [5, 5.41) is 0. The van der Waals surface area contributed by atoms with Crippen LogP contribution < -0.4 is 0 Å². The summed E-state index contributed by atoms with van der Waals surface area (Å²) in [7, 11) is 0. The fraction of sp³-hybridized carbons (Fsp3) is 0.323. The summed E-state index contributed by atoms with van der Waals surface area (Å²) in [5.74, 6) is 1.58. The second-order valence-electron chi connectivity index (χ2n) is 9.13. The van der Waals surface area contributed by atoms with Crippen molar-refractivity contribution in [2.75, 3.05) is 0 Å². The molecule has 1 heterocycles. The van der Waals surface area contributed by atoms with E-state index in [1.54, 1.807) is 0 Å². The van der Waals surface area contributed by atoms with Crippen LogP contribution in [0.2, 0.25) is 0 Å². The molecule has 0 bridgehead atoms. The molecule has 1 heteroatoms. The maximum atomic E-state index is 4.51. The highest BCUT2D eigenvalue weighted by molar-refractivity contribution is 5.61. The summed E-state index contributed by atoms with van der Waals surface area (Å²) < 4.78 is 0. The average molecular weight is 424 g/mol. The van der Waals surface area contributed by atoms with Crippen LogP contribution in [0.3, 0.4) is 0 Å². The highest BCUT2D eigenvalue weighted by Gasteiger charge is 2.21. The molecule has 166 valence electrons. The lowest BCUT2D eigenvalue weighted by molar-refractivity contribution is 0.328. The average Bonchev–Trinajstić information content (AvgIpc) is 2.83. The third-order valence-corrected chi connectivity index (χ3v) is 6.71. The van der Waals surface area contributed by atoms with Crippen molar-refractivity contribution >= 4 is 6.08 Å². The van der Waals surface area contributed by atoms with Gasteiger partial charge in [-0.25, -0.2) is 0 Å². The second kappa shape index (κ2) is 11.6. The summed E-state index contributed by atoms with van der Waals surface area (Å²) in [6.07, 6.45) is 12.2. The Balaban J connectivity index is 0.000000269. The van der Waals surface area contributed by atoms with Crippen LogP contribution in [0, 0.1) is 26.7 Å². The minimum Gasteiger partial charge on any atom is -0.256 e. The van der Waals surface area contributed by atoms with Gasteiger partial charge in [0.25, 0.3) is 0 Å². The van der Waals surface area contributed by atoms with Crippen molar-refractivity contribution in [3.8, 4) is 11.3 Å². The number of hydrogen-bond donors (Lipinski definition) is 0. The summed E-state index contributed by atoms with van der Waals surface area (Å²) in [6, 6.07) is 19.6. The topological polar surface area (TPSA) is 12.9 Å². The van der Waals surface area contributed by atoms with Gasteiger partial charge in [-0.05, 0) is 93.0 Å². The molecular weight excluding hydrogens is 386 g/mol. The molecule has 1 nitrogen and oxygen atoms in total. The molecule has 3 aromatic rings. The molecular formula is C31H37N. The molecule has 0 spiro atoms. The van der Waals surface area contributed by atoms with Crippen LogP contribution in [0.4, 0.5) is 0 Å². The highest BCUT2D eigenvalue weighted by atomic mass is 14.7. The molecule has 0 saturated heterocycles. The van der Waals surface area contributed by atoms with Crippen LogP contribution >= 0.6 is 0 Å². The Kier molecular flexibility index (Phi) is 8.62. The van der Waals surface area contributed by atoms with Gasteiger partial charge in [0.2, 0.25) is 0 Å². The van der Waals surface area contributed by atoms with E-state index in [2.05, 4.69) is 99.6 Å². The smallest absolute Gasteiger partial charge is 0.0702 e. The zero-order valence-corrected chi connectivity index (χ0v) is 20.0. The molecule has 0 aliphatic heterocycles. The first-order chi connectivity index (χ1) is 15.5. The predicted octanol–water partition coefficient (Wildman–Crippen LogP) is 8.85. The number of aryl methyl sites for hydroxylation is 3. The second-order valence-corrected chi connectivity index (χ2v) is 9.13. The van der Waals surface area contributed by atoms with Crippen LogP contribution in [-0.2, 0) is 0 Å². The van der Waals surface area contributed by atoms with Crippen molar-refractivity contribution in [3.63, 3.8) is 0 Å². The molecule has 1 fully saturated rings. The van der Waals surface area contributed by atoms with Crippen molar-refractivity contribution in [2.24, 2.45) is 5.92 Å². The van der Waals surface area contributed by atoms with Crippen molar-refractivity contribution in [3.05, 3.63) is 108 Å². The SMILES string of the molecule is C=CCC1CCC(c2ccc(-c3ccc(C=C)cn3)cc2)CC1.Cc1ccc(C)c(C)c1. The normalized spacial score (nSPS) is 17.7. The minimum absolute atomic E-state index is 0.723. The molecule has 1 saturated carbocycles. The number of aromatic nitrogens is 1. The summed E-state index contributed by atoms with van der Waals surface area (Å²) in [6.45, 7) is 14.0. The number of hydrogen-bond acceptors (Lipinski definition) is 1. The van der Waals surface area contributed by atoms with E-state index in [9.17, 15) is 0 Å². The van der Waals surface area contributed by atoms with Gasteiger partial charge in [-0.15, -0.1) is 6.58 Å². The maximum Gasteiger partial charge on any atom is 0.0702 e. The number of allylic oxidation sites excluding steroid dienone is 1. The van der Waals surface area contributed by atoms with Crippen LogP contribution in [0.1, 0.15) is 65.8 Å². The Morgan fingerprint density at radius 3 is 2.09 bits per heavy atom. The number of pyridine rings is 1. The Labute approximate surface area is 194 Å². The molecule has 0 amide bonds. The number of benzene rings is 2. The molecule has 1 aromatic heterocycles. The fourth-order valence-electron chi connectivity index (χ4n) is 4.48. The lowest BCUT2D eigenvalue weighted by atomic mass is 9.77. The third-order valence-electron chi connectivity index (χ3n) is 6.71. The first kappa shape index (κ1) is 23.7. The molecule has 32 heavy (non-hydrogen) atoms. The van der Waals surface area contributed by atoms with Gasteiger partial charge in [-0.2, -0.15) is 0 Å². The van der Waals surface area contributed by atoms with Crippen LogP contribution in [0.5, 0.6) is 0 Å². The summed E-state index contributed by atoms with van der Waals surface area (Å²) in [4.78, 5) is 4.51. The van der Waals surface area contributed by atoms with Gasteiger partial charge in [0.05, 0.1) is 5.69 Å². The summed E-state index contributed by atoms with van der Waals surface area (Å²) in [5.41, 5.74) is 8.85. The van der Waals surface area contributed by atoms with E-state index < -0.39 is 0 Å². The Hall–Kier alpha value is -2.93. The van der Waals surface area contributed by atoms with Crippen LogP contribution in [0.25, 0.3) is 17.3 Å². The molecule has 4 rings (SSSR count). The zero-order valence-electron chi connectivity index (χ0n) is 20.0. The molecule has 0 radical (unpaired) electrons. The molecule has 1 aliphatic rings. The third kappa shape index (κ3) is 6.53. The van der Waals surface area contributed by atoms with Crippen molar-refractivity contribution in [1.29, 1.82) is 0 Å². The fourth-order valence-corrected chi connectivity index (χ4v) is 4.48. The Bertz CT molecular complexity index is 1000. The predicted molar refractivity (Wildman–Crippen MR) is 140 cm³/mol. The van der Waals surface area contributed by atoms with Gasteiger partial charge >= 0.3 is 0 Å². The number of nitrogens with zero attached hydrogens (tertiary/aromatic N) is 1. The van der Waals surface area contributed by atoms with E-state index in [1.807, 2.05) is 12.3 Å². The van der Waals surface area contributed by atoms with Crippen LogP contribution in [0.15, 0.2) is 80.0 Å². The standard InChI is InChI=1S/C22H25N.C9H12/c1-3-5-18-6-9-19(10-7-18)20-11-13-21(14-12-20)22-15-8-17(4-2)16-23-22;1-7-4-5-8(2)9(3)6-7/h3-4,8,11-16,18-19H,1-2,5-7,9-10H2;4-6H,1-3H3. The van der Waals surface area contributed by atoms with E-state index in [-0.39, 0.29) is 0 Å². The summed E-state index contributed by atoms with van der Waals surface area (Å²) >= 11 is 0. The molecule has 0 atom stereocenters. The van der Waals surface area contributed by atoms with Gasteiger partial charge in [0, 0.05) is 11.8 Å². The lowest BCUT2D eigenvalue weighted by Gasteiger charge is -2.28. The quantitative estimate of drug-likeness (QED) is 0.373. The molecule has 1 aliphatic carbocycles. The van der Waals surface area contributed by atoms with Gasteiger partial charge < -0.3 is 0 Å². The van der Waals surface area contributed by atoms with Crippen molar-refractivity contribution in [2.45, 2.75) is 58.8 Å². The lowest BCUT2D eigenvalue weighted by Crippen LogP contribution is -2.12. The first-order valence-electron chi connectivity index (χ1n) is 11.8. The van der Waals surface area contributed by atoms with Gasteiger partial charge in [0.15, 0.2) is 0 Å². The first-order valence-corrected chi connectivity index (χ1v) is 11.8. The van der Waals surface area contributed by atoms with Gasteiger partial charge in [-0.3, -0.25) is 4.98 Å². The van der Waals surface area contributed by atoms with Crippen molar-refractivity contribution in [1.82, 2.24) is 4.98 Å². The monoisotopic (exact) mass is 423 g/mol. The van der Waals surface area contributed by atoms with Crippen LogP contribution in [-0.4, -0.2) is 4.98 Å². The van der Waals surface area contributed by atoms with Gasteiger partial charge in [-0.1, -0.05) is 72.8 Å². The van der Waals surface area contributed by atoms with Gasteiger partial charge in [0.1, 0.15) is 0 Å². The maximum absolute atomic E-state index is 4.51. The van der Waals surface area contributed by atoms with E-state index in [4.69, 9.17) is 0 Å². The zero-order chi connectivity index (χ0) is 22.9. The van der Waals surface area contributed by atoms with E-state index in [0.29, 0.717) is 0 Å². The molecule has 0 unspecified atom stereocenters. The highest BCUT2D eigenvalue weighted by Crippen LogP contribution is 2.37. The van der Waals surface area contributed by atoms with E-state index in [1.165, 1.54) is 59.9 Å². The number of rotatable bonds is 5. The van der Waals surface area contributed by atoms with Crippen molar-refractivity contribution < 1.29 is 0 Å². The molecule has 2 aromatic carbocycles. The Morgan fingerprint density at radius 2 is 1.56 bits per heavy atom.